The topological polar surface area (TPSA) is 40.5 Å². The van der Waals surface area contributed by atoms with Crippen molar-refractivity contribution >= 4 is 37.8 Å². The van der Waals surface area contributed by atoms with E-state index in [1.54, 1.807) is 0 Å². The molecule has 0 heterocycles. The molecule has 0 spiro atoms. The van der Waals surface area contributed by atoms with Crippen LogP contribution in [0.5, 0.6) is 0 Å². The molecule has 0 aliphatic heterocycles. The third-order valence-corrected chi connectivity index (χ3v) is 6.70. The zero-order valence-electron chi connectivity index (χ0n) is 11.4. The molecule has 2 aromatic rings. The molecule has 4 heteroatoms. The summed E-state index contributed by atoms with van der Waals surface area (Å²) in [5.41, 5.74) is 0. The van der Waals surface area contributed by atoms with E-state index in [1.165, 1.54) is 0 Å². The van der Waals surface area contributed by atoms with Gasteiger partial charge in [0.25, 0.3) is 0 Å². The van der Waals surface area contributed by atoms with Gasteiger partial charge in [0.2, 0.25) is 16.6 Å². The van der Waals surface area contributed by atoms with Gasteiger partial charge in [-0.05, 0) is 47.3 Å². The van der Waals surface area contributed by atoms with Gasteiger partial charge in [0, 0.05) is 0 Å². The third-order valence-electron chi connectivity index (χ3n) is 3.25. The minimum Gasteiger partial charge on any atom is -0.428 e. The summed E-state index contributed by atoms with van der Waals surface area (Å²) < 4.78 is 0. The van der Waals surface area contributed by atoms with E-state index < -0.39 is 16.6 Å². The maximum Gasteiger partial charge on any atom is 0.213 e. The fourth-order valence-electron chi connectivity index (χ4n) is 2.01. The summed E-state index contributed by atoms with van der Waals surface area (Å²) in [6.45, 7) is 7.68. The molecule has 0 radical (unpaired) electrons. The van der Waals surface area contributed by atoms with Crippen molar-refractivity contribution in [1.29, 1.82) is 0 Å². The molecule has 0 bridgehead atoms. The van der Waals surface area contributed by atoms with Gasteiger partial charge >= 0.3 is 0 Å². The summed E-state index contributed by atoms with van der Waals surface area (Å²) in [6.07, 6.45) is 0. The van der Waals surface area contributed by atoms with Crippen molar-refractivity contribution in [2.75, 3.05) is 0 Å². The van der Waals surface area contributed by atoms with Crippen LogP contribution in [-0.2, 0) is 0 Å². The summed E-state index contributed by atoms with van der Waals surface area (Å²) in [7, 11) is -4.53. The van der Waals surface area contributed by atoms with Crippen molar-refractivity contribution in [1.82, 2.24) is 0 Å². The Kier molecular flexibility index (Phi) is 3.23. The standard InChI is InChI=1S/C14H20O2Si2/c1-17(2,15)13-7-5-11-6-8-14(18(3,4)16)10-12(11)9-13/h5-10,15-16H,1-4H3. The lowest BCUT2D eigenvalue weighted by Gasteiger charge is -2.17. The van der Waals surface area contributed by atoms with E-state index in [-0.39, 0.29) is 0 Å². The fraction of sp³-hybridized carbons (Fsp3) is 0.286. The molecule has 2 rings (SSSR count). The van der Waals surface area contributed by atoms with E-state index in [4.69, 9.17) is 0 Å². The molecule has 0 aliphatic carbocycles. The number of rotatable bonds is 2. The molecule has 0 saturated heterocycles. The molecule has 0 atom stereocenters. The predicted molar refractivity (Wildman–Crippen MR) is 82.6 cm³/mol. The van der Waals surface area contributed by atoms with E-state index in [0.29, 0.717) is 0 Å². The largest absolute Gasteiger partial charge is 0.428 e. The van der Waals surface area contributed by atoms with Crippen LogP contribution in [0, 0.1) is 0 Å². The summed E-state index contributed by atoms with van der Waals surface area (Å²) in [5.74, 6) is 0. The Labute approximate surface area is 110 Å². The molecule has 18 heavy (non-hydrogen) atoms. The van der Waals surface area contributed by atoms with Crippen molar-refractivity contribution in [2.24, 2.45) is 0 Å². The lowest BCUT2D eigenvalue weighted by Crippen LogP contribution is -2.42. The first-order chi connectivity index (χ1) is 8.18. The summed E-state index contributed by atoms with van der Waals surface area (Å²) >= 11 is 0. The molecule has 2 N–H and O–H groups in total. The molecule has 0 aromatic heterocycles. The van der Waals surface area contributed by atoms with Gasteiger partial charge in [-0.2, -0.15) is 0 Å². The molecule has 0 aliphatic rings. The van der Waals surface area contributed by atoms with Gasteiger partial charge in [0.05, 0.1) is 0 Å². The van der Waals surface area contributed by atoms with Crippen LogP contribution in [0.25, 0.3) is 10.8 Å². The molecule has 0 fully saturated rings. The van der Waals surface area contributed by atoms with E-state index in [2.05, 4.69) is 12.1 Å². The zero-order valence-corrected chi connectivity index (χ0v) is 13.4. The predicted octanol–water partition coefficient (Wildman–Crippen LogP) is 1.65. The molecule has 0 unspecified atom stereocenters. The average Bonchev–Trinajstić information content (AvgIpc) is 2.25. The third kappa shape index (κ3) is 2.72. The monoisotopic (exact) mass is 276 g/mol. The first-order valence-electron chi connectivity index (χ1n) is 6.17. The Morgan fingerprint density at radius 1 is 0.667 bits per heavy atom. The normalized spacial score (nSPS) is 13.0. The second-order valence-electron chi connectivity index (χ2n) is 5.89. The van der Waals surface area contributed by atoms with Crippen LogP contribution >= 0.6 is 0 Å². The number of hydrogen-bond donors (Lipinski definition) is 2. The minimum atomic E-state index is -2.26. The summed E-state index contributed by atoms with van der Waals surface area (Å²) in [6, 6.07) is 12.2. The maximum atomic E-state index is 10.2. The van der Waals surface area contributed by atoms with E-state index in [9.17, 15) is 9.59 Å². The average molecular weight is 276 g/mol. The highest BCUT2D eigenvalue weighted by Crippen LogP contribution is 2.14. The molecule has 96 valence electrons. The lowest BCUT2D eigenvalue weighted by molar-refractivity contribution is 0.568. The first kappa shape index (κ1) is 13.5. The fourth-order valence-corrected chi connectivity index (χ4v) is 4.01. The van der Waals surface area contributed by atoms with Crippen molar-refractivity contribution in [3.05, 3.63) is 36.4 Å². The van der Waals surface area contributed by atoms with Crippen molar-refractivity contribution in [2.45, 2.75) is 26.2 Å². The summed E-state index contributed by atoms with van der Waals surface area (Å²) in [5, 5.41) is 4.32. The Balaban J connectivity index is 2.61. The lowest BCUT2D eigenvalue weighted by atomic mass is 10.1. The molecule has 2 aromatic carbocycles. The maximum absolute atomic E-state index is 10.2. The van der Waals surface area contributed by atoms with Gasteiger partial charge < -0.3 is 9.59 Å². The quantitative estimate of drug-likeness (QED) is 0.819. The van der Waals surface area contributed by atoms with Crippen LogP contribution < -0.4 is 10.4 Å². The Morgan fingerprint density at radius 3 is 1.39 bits per heavy atom. The van der Waals surface area contributed by atoms with Crippen LogP contribution in [0.3, 0.4) is 0 Å². The highest BCUT2D eigenvalue weighted by Gasteiger charge is 2.22. The minimum absolute atomic E-state index is 1.03. The molecular formula is C14H20O2Si2. The van der Waals surface area contributed by atoms with E-state index in [1.807, 2.05) is 50.5 Å². The molecule has 0 saturated carbocycles. The van der Waals surface area contributed by atoms with E-state index in [0.717, 1.165) is 21.1 Å². The van der Waals surface area contributed by atoms with Gasteiger partial charge in [-0.1, -0.05) is 36.4 Å². The second kappa shape index (κ2) is 4.31. The van der Waals surface area contributed by atoms with Gasteiger partial charge in [-0.3, -0.25) is 0 Å². The SMILES string of the molecule is C[Si](C)(O)c1ccc2ccc([Si](C)(C)O)cc2c1. The van der Waals surface area contributed by atoms with Crippen LogP contribution in [0.2, 0.25) is 26.2 Å². The first-order valence-corrected chi connectivity index (χ1v) is 12.1. The molecular weight excluding hydrogens is 256 g/mol. The zero-order chi connectivity index (χ0) is 13.6. The van der Waals surface area contributed by atoms with Gasteiger partial charge in [0.1, 0.15) is 0 Å². The van der Waals surface area contributed by atoms with Gasteiger partial charge in [0.15, 0.2) is 0 Å². The van der Waals surface area contributed by atoms with Crippen molar-refractivity contribution in [3.63, 3.8) is 0 Å². The number of fused-ring (bicyclic) bond motifs is 1. The molecule has 2 nitrogen and oxygen atoms in total. The summed E-state index contributed by atoms with van der Waals surface area (Å²) in [4.78, 5) is 20.4. The number of hydrogen-bond acceptors (Lipinski definition) is 2. The Bertz CT molecular complexity index is 532. The smallest absolute Gasteiger partial charge is 0.213 e. The molecule has 0 amide bonds. The van der Waals surface area contributed by atoms with Gasteiger partial charge in [-0.25, -0.2) is 0 Å². The van der Waals surface area contributed by atoms with E-state index >= 15 is 0 Å². The van der Waals surface area contributed by atoms with Gasteiger partial charge in [-0.15, -0.1) is 0 Å². The van der Waals surface area contributed by atoms with Crippen LogP contribution in [0.4, 0.5) is 0 Å². The van der Waals surface area contributed by atoms with Crippen LogP contribution in [-0.4, -0.2) is 26.2 Å². The van der Waals surface area contributed by atoms with Crippen molar-refractivity contribution < 1.29 is 9.59 Å². The number of benzene rings is 2. The van der Waals surface area contributed by atoms with Crippen molar-refractivity contribution in [3.8, 4) is 0 Å². The van der Waals surface area contributed by atoms with Crippen LogP contribution in [0.15, 0.2) is 36.4 Å². The Morgan fingerprint density at radius 2 is 1.06 bits per heavy atom. The van der Waals surface area contributed by atoms with Crippen LogP contribution in [0.1, 0.15) is 0 Å². The Hall–Kier alpha value is -0.946. The highest BCUT2D eigenvalue weighted by molar-refractivity contribution is 6.84. The highest BCUT2D eigenvalue weighted by atomic mass is 28.4. The second-order valence-corrected chi connectivity index (χ2v) is 13.3.